The molecule has 0 spiro atoms. The number of halogens is 2. The number of fused-ring (bicyclic) bond motifs is 3. The van der Waals surface area contributed by atoms with Crippen LogP contribution in [0, 0.1) is 13.8 Å². The van der Waals surface area contributed by atoms with Gasteiger partial charge in [-0.25, -0.2) is 0 Å². The summed E-state index contributed by atoms with van der Waals surface area (Å²) in [6.07, 6.45) is 14.0. The molecule has 3 aliphatic carbocycles. The third-order valence-electron chi connectivity index (χ3n) is 6.32. The summed E-state index contributed by atoms with van der Waals surface area (Å²) in [4.78, 5) is 0. The van der Waals surface area contributed by atoms with Crippen molar-refractivity contribution in [3.05, 3.63) is 80.8 Å². The van der Waals surface area contributed by atoms with Gasteiger partial charge in [0, 0.05) is 0 Å². The van der Waals surface area contributed by atoms with Crippen molar-refractivity contribution in [2.45, 2.75) is 50.2 Å². The maximum absolute atomic E-state index is 2.50. The van der Waals surface area contributed by atoms with E-state index in [1.807, 2.05) is 3.81 Å². The van der Waals surface area contributed by atoms with E-state index in [1.165, 1.54) is 54.4 Å². The molecule has 0 amide bonds. The minimum absolute atomic E-state index is 0. The molecule has 0 aliphatic heterocycles. The fourth-order valence-electron chi connectivity index (χ4n) is 5.15. The second-order valence-electron chi connectivity index (χ2n) is 8.16. The summed E-state index contributed by atoms with van der Waals surface area (Å²) in [6.45, 7) is 4.51. The van der Waals surface area contributed by atoms with Gasteiger partial charge in [-0.3, -0.25) is 0 Å². The average molecular weight is 445 g/mol. The summed E-state index contributed by atoms with van der Waals surface area (Å²) in [5, 5.41) is 0. The Morgan fingerprint density at radius 2 is 1.39 bits per heavy atom. The fraction of sp³-hybridized carbons (Fsp3) is 0.320. The molecule has 2 aromatic carbocycles. The van der Waals surface area contributed by atoms with Gasteiger partial charge in [0.25, 0.3) is 0 Å². The first-order valence-corrected chi connectivity index (χ1v) is 12.5. The third kappa shape index (κ3) is 3.66. The Balaban J connectivity index is 0.00000112. The van der Waals surface area contributed by atoms with E-state index in [-0.39, 0.29) is 24.8 Å². The van der Waals surface area contributed by atoms with Gasteiger partial charge in [0.05, 0.1) is 0 Å². The Labute approximate surface area is 187 Å². The number of rotatable bonds is 2. The van der Waals surface area contributed by atoms with Crippen LogP contribution >= 0.6 is 0 Å². The van der Waals surface area contributed by atoms with Gasteiger partial charge in [-0.05, 0) is 0 Å². The van der Waals surface area contributed by atoms with Crippen molar-refractivity contribution >= 4 is 3.81 Å². The zero-order chi connectivity index (χ0) is 17.7. The molecule has 2 aromatic rings. The summed E-state index contributed by atoms with van der Waals surface area (Å²) in [5.41, 5.74) is 9.09. The SMILES string of the molecule is Cc1ccc2c(c1)[CH]([Ti+2]([C]1=CC=CC1)=[C]1CCCC1)c1cc(C)ccc1-2.[Cl-].[Cl-]. The van der Waals surface area contributed by atoms with E-state index >= 15 is 0 Å². The molecule has 1 fully saturated rings. The molecule has 0 radical (unpaired) electrons. The zero-order valence-electron chi connectivity index (χ0n) is 16.6. The van der Waals surface area contributed by atoms with Gasteiger partial charge in [-0.15, -0.1) is 0 Å². The van der Waals surface area contributed by atoms with Crippen LogP contribution in [-0.4, -0.2) is 3.81 Å². The molecule has 0 unspecified atom stereocenters. The Kier molecular flexibility index (Phi) is 6.88. The van der Waals surface area contributed by atoms with Crippen molar-refractivity contribution in [1.29, 1.82) is 0 Å². The molecule has 0 N–H and O–H groups in total. The van der Waals surface area contributed by atoms with Crippen LogP contribution in [-0.2, 0) is 17.4 Å². The molecule has 144 valence electrons. The monoisotopic (exact) mass is 444 g/mol. The van der Waals surface area contributed by atoms with Crippen molar-refractivity contribution in [2.75, 3.05) is 0 Å². The van der Waals surface area contributed by atoms with E-state index in [9.17, 15) is 0 Å². The van der Waals surface area contributed by atoms with Crippen LogP contribution in [0.3, 0.4) is 0 Å². The Morgan fingerprint density at radius 3 is 1.89 bits per heavy atom. The number of allylic oxidation sites excluding steroid dienone is 4. The van der Waals surface area contributed by atoms with E-state index < -0.39 is 17.4 Å². The molecule has 0 heterocycles. The first-order chi connectivity index (χ1) is 12.7. The minimum atomic E-state index is -1.55. The maximum Gasteiger partial charge on any atom is -1.00 e. The minimum Gasteiger partial charge on any atom is -1.00 e. The van der Waals surface area contributed by atoms with Gasteiger partial charge in [0.15, 0.2) is 0 Å². The number of aryl methyl sites for hydroxylation is 2. The second kappa shape index (κ2) is 8.84. The van der Waals surface area contributed by atoms with Crippen LogP contribution in [0.1, 0.15) is 58.6 Å². The first kappa shape index (κ1) is 21.8. The van der Waals surface area contributed by atoms with Crippen molar-refractivity contribution in [1.82, 2.24) is 0 Å². The summed E-state index contributed by atoms with van der Waals surface area (Å²) in [5.74, 6) is 0. The summed E-state index contributed by atoms with van der Waals surface area (Å²) < 4.78 is 4.43. The topological polar surface area (TPSA) is 0 Å². The predicted octanol–water partition coefficient (Wildman–Crippen LogP) is 0.590. The molecule has 3 heteroatoms. The number of hydrogen-bond donors (Lipinski definition) is 0. The molecular weight excluding hydrogens is 419 g/mol. The van der Waals surface area contributed by atoms with Crippen LogP contribution in [0.25, 0.3) is 11.1 Å². The molecule has 0 nitrogen and oxygen atoms in total. The van der Waals surface area contributed by atoms with Gasteiger partial charge < -0.3 is 24.8 Å². The standard InChI is InChI=1S/C15H13.C5H8.C5H5.2ClH.Ti/c1-10-3-5-14-12(7-10)9-13-8-11(2)4-6-15(13)14;2*1-2-4-5-3-1;;;/h3-9H,1-2H3;1-4H2;1-3H,4H2;2*1H;/q;;;;;+2/p-2. The average Bonchev–Trinajstić information content (AvgIpc) is 3.37. The smallest absolute Gasteiger partial charge is 1.00 e. The zero-order valence-corrected chi connectivity index (χ0v) is 19.6. The van der Waals surface area contributed by atoms with E-state index in [0.717, 1.165) is 0 Å². The molecule has 5 rings (SSSR count). The van der Waals surface area contributed by atoms with E-state index in [1.54, 1.807) is 15.0 Å². The molecule has 28 heavy (non-hydrogen) atoms. The van der Waals surface area contributed by atoms with Gasteiger partial charge in [-0.2, -0.15) is 0 Å². The van der Waals surface area contributed by atoms with Crippen LogP contribution in [0.5, 0.6) is 0 Å². The van der Waals surface area contributed by atoms with Gasteiger partial charge >= 0.3 is 163 Å². The normalized spacial score (nSPS) is 16.6. The predicted molar refractivity (Wildman–Crippen MR) is 109 cm³/mol. The number of hydrogen-bond acceptors (Lipinski definition) is 0. The Bertz CT molecular complexity index is 938. The van der Waals surface area contributed by atoms with E-state index in [4.69, 9.17) is 0 Å². The van der Waals surface area contributed by atoms with Crippen LogP contribution in [0.4, 0.5) is 0 Å². The van der Waals surface area contributed by atoms with Crippen LogP contribution in [0.2, 0.25) is 0 Å². The Morgan fingerprint density at radius 1 is 0.821 bits per heavy atom. The maximum atomic E-state index is 2.50. The van der Waals surface area contributed by atoms with Crippen molar-refractivity contribution in [3.8, 4) is 11.1 Å². The fourth-order valence-corrected chi connectivity index (χ4v) is 11.1. The number of benzene rings is 2. The summed E-state index contributed by atoms with van der Waals surface area (Å²) in [6, 6.07) is 14.4. The molecule has 1 saturated carbocycles. The van der Waals surface area contributed by atoms with E-state index in [0.29, 0.717) is 4.22 Å². The molecule has 0 aromatic heterocycles. The summed E-state index contributed by atoms with van der Waals surface area (Å²) in [7, 11) is 0. The molecule has 0 atom stereocenters. The largest absolute Gasteiger partial charge is 1.00 e. The Hall–Kier alpha value is -0.916. The van der Waals surface area contributed by atoms with Gasteiger partial charge in [0.1, 0.15) is 0 Å². The molecule has 3 aliphatic rings. The first-order valence-electron chi connectivity index (χ1n) is 10.0. The van der Waals surface area contributed by atoms with Crippen LogP contribution < -0.4 is 24.8 Å². The van der Waals surface area contributed by atoms with Crippen molar-refractivity contribution in [2.24, 2.45) is 0 Å². The molecule has 0 bridgehead atoms. The van der Waals surface area contributed by atoms with Crippen LogP contribution in [0.15, 0.2) is 58.5 Å². The third-order valence-corrected chi connectivity index (χ3v) is 11.8. The molecule has 0 saturated heterocycles. The van der Waals surface area contributed by atoms with Gasteiger partial charge in [0.2, 0.25) is 0 Å². The van der Waals surface area contributed by atoms with E-state index in [2.05, 4.69) is 68.5 Å². The van der Waals surface area contributed by atoms with Gasteiger partial charge in [-0.1, -0.05) is 0 Å². The quantitative estimate of drug-likeness (QED) is 0.594. The van der Waals surface area contributed by atoms with Crippen molar-refractivity contribution < 1.29 is 42.2 Å². The summed E-state index contributed by atoms with van der Waals surface area (Å²) >= 11 is -1.55. The second-order valence-corrected chi connectivity index (χ2v) is 12.5. The molecular formula is C25H26Cl2Ti. The van der Waals surface area contributed by atoms with Crippen molar-refractivity contribution in [3.63, 3.8) is 0 Å².